The molecule has 9 nitrogen and oxygen atoms in total. The van der Waals surface area contributed by atoms with Crippen LogP contribution in [0.4, 0.5) is 5.13 Å². The molecule has 1 aromatic carbocycles. The number of nitrogens with zero attached hydrogens (tertiary/aromatic N) is 4. The van der Waals surface area contributed by atoms with Gasteiger partial charge in [-0.1, -0.05) is 22.9 Å². The van der Waals surface area contributed by atoms with E-state index in [9.17, 15) is 9.59 Å². The molecule has 0 spiro atoms. The summed E-state index contributed by atoms with van der Waals surface area (Å²) in [5, 5.41) is 11.7. The molecule has 2 aliphatic rings. The standard InChI is InChI=1S/C27H25ClN6O3S/c1-15(35)31-27-32-20-6-5-18-23(22-3-2-12-37-22)33-34(24(18)25(20)38-27)21-7-4-17(13-19(21)28)26(36)30-14-16-8-10-29-11-9-16/h4,7-11,13,22H,2-3,5-6,12,14H2,1H3,(H,30,36)(H,31,32,35). The highest BCUT2D eigenvalue weighted by atomic mass is 35.5. The lowest BCUT2D eigenvalue weighted by Gasteiger charge is -2.16. The maximum Gasteiger partial charge on any atom is 0.251 e. The summed E-state index contributed by atoms with van der Waals surface area (Å²) in [5.74, 6) is -0.381. The van der Waals surface area contributed by atoms with E-state index < -0.39 is 0 Å². The van der Waals surface area contributed by atoms with Gasteiger partial charge in [0.15, 0.2) is 5.13 Å². The molecule has 1 atom stereocenters. The van der Waals surface area contributed by atoms with Crippen LogP contribution in [0, 0.1) is 0 Å². The maximum absolute atomic E-state index is 12.8. The topological polar surface area (TPSA) is 111 Å². The number of thiazole rings is 1. The Morgan fingerprint density at radius 1 is 1.21 bits per heavy atom. The zero-order valence-corrected chi connectivity index (χ0v) is 22.2. The number of hydrogen-bond acceptors (Lipinski definition) is 7. The van der Waals surface area contributed by atoms with Crippen LogP contribution in [0.2, 0.25) is 5.02 Å². The van der Waals surface area contributed by atoms with Gasteiger partial charge in [0.05, 0.1) is 32.7 Å². The van der Waals surface area contributed by atoms with E-state index in [1.54, 1.807) is 24.5 Å². The van der Waals surface area contributed by atoms with Gasteiger partial charge >= 0.3 is 0 Å². The number of carbonyl (C=O) groups excluding carboxylic acids is 2. The van der Waals surface area contributed by atoms with Crippen LogP contribution in [0.15, 0.2) is 42.7 Å². The van der Waals surface area contributed by atoms with Crippen molar-refractivity contribution in [3.05, 3.63) is 75.8 Å². The molecule has 0 radical (unpaired) electrons. The van der Waals surface area contributed by atoms with Gasteiger partial charge in [-0.05, 0) is 61.6 Å². The van der Waals surface area contributed by atoms with Gasteiger partial charge in [0, 0.05) is 43.6 Å². The van der Waals surface area contributed by atoms with E-state index in [4.69, 9.17) is 21.4 Å². The summed E-state index contributed by atoms with van der Waals surface area (Å²) in [6, 6.07) is 8.95. The van der Waals surface area contributed by atoms with Crippen molar-refractivity contribution in [2.24, 2.45) is 0 Å². The summed E-state index contributed by atoms with van der Waals surface area (Å²) in [6.07, 6.45) is 6.76. The van der Waals surface area contributed by atoms with Crippen LogP contribution >= 0.6 is 22.9 Å². The average Bonchev–Trinajstić information content (AvgIpc) is 3.65. The first kappa shape index (κ1) is 24.7. The molecule has 4 aromatic rings. The van der Waals surface area contributed by atoms with Gasteiger partial charge in [-0.25, -0.2) is 9.67 Å². The number of carbonyl (C=O) groups is 2. The SMILES string of the molecule is CC(=O)Nc1nc2c(s1)-c1c(c(C3CCCO3)nn1-c1ccc(C(=O)NCc3ccncc3)cc1Cl)CC2. The van der Waals surface area contributed by atoms with Crippen molar-refractivity contribution in [3.63, 3.8) is 0 Å². The Bertz CT molecular complexity index is 1530. The summed E-state index contributed by atoms with van der Waals surface area (Å²) >= 11 is 8.22. The van der Waals surface area contributed by atoms with E-state index in [1.807, 2.05) is 22.9 Å². The third-order valence-corrected chi connectivity index (χ3v) is 8.02. The number of hydrogen-bond donors (Lipinski definition) is 2. The Hall–Kier alpha value is -3.60. The summed E-state index contributed by atoms with van der Waals surface area (Å²) in [6.45, 7) is 2.58. The van der Waals surface area contributed by atoms with E-state index in [0.29, 0.717) is 27.9 Å². The summed E-state index contributed by atoms with van der Waals surface area (Å²) in [4.78, 5) is 34.1. The number of pyridine rings is 1. The highest BCUT2D eigenvalue weighted by Gasteiger charge is 2.34. The van der Waals surface area contributed by atoms with Crippen molar-refractivity contribution in [1.82, 2.24) is 25.1 Å². The number of fused-ring (bicyclic) bond motifs is 3. The minimum atomic E-state index is -0.220. The second kappa shape index (κ2) is 10.3. The predicted molar refractivity (Wildman–Crippen MR) is 145 cm³/mol. The largest absolute Gasteiger partial charge is 0.372 e. The third-order valence-electron chi connectivity index (χ3n) is 6.70. The highest BCUT2D eigenvalue weighted by Crippen LogP contribution is 2.45. The van der Waals surface area contributed by atoms with Gasteiger partial charge in [0.25, 0.3) is 5.91 Å². The monoisotopic (exact) mass is 548 g/mol. The molecular formula is C27H25ClN6O3S. The van der Waals surface area contributed by atoms with Gasteiger partial charge < -0.3 is 15.4 Å². The third kappa shape index (κ3) is 4.70. The fraction of sp³-hybridized carbons (Fsp3) is 0.296. The van der Waals surface area contributed by atoms with Gasteiger partial charge in [-0.2, -0.15) is 5.10 Å². The van der Waals surface area contributed by atoms with E-state index >= 15 is 0 Å². The second-order valence-corrected chi connectivity index (χ2v) is 10.7. The number of ether oxygens (including phenoxy) is 1. The fourth-order valence-electron chi connectivity index (χ4n) is 4.93. The molecule has 1 unspecified atom stereocenters. The molecule has 2 N–H and O–H groups in total. The van der Waals surface area contributed by atoms with Crippen LogP contribution in [0.3, 0.4) is 0 Å². The van der Waals surface area contributed by atoms with E-state index in [1.165, 1.54) is 18.3 Å². The first-order valence-corrected chi connectivity index (χ1v) is 13.7. The van der Waals surface area contributed by atoms with Crippen LogP contribution < -0.4 is 10.6 Å². The molecule has 1 aliphatic heterocycles. The highest BCUT2D eigenvalue weighted by molar-refractivity contribution is 7.19. The Balaban J connectivity index is 1.37. The Morgan fingerprint density at radius 3 is 2.79 bits per heavy atom. The van der Waals surface area contributed by atoms with E-state index in [-0.39, 0.29) is 17.9 Å². The maximum atomic E-state index is 12.8. The van der Waals surface area contributed by atoms with Gasteiger partial charge in [0.1, 0.15) is 6.10 Å². The van der Waals surface area contributed by atoms with Crippen LogP contribution in [-0.2, 0) is 28.9 Å². The van der Waals surface area contributed by atoms with Crippen molar-refractivity contribution in [2.45, 2.75) is 45.3 Å². The molecule has 6 rings (SSSR count). The van der Waals surface area contributed by atoms with Crippen molar-refractivity contribution >= 4 is 39.9 Å². The molecule has 2 amide bonds. The molecule has 1 saturated heterocycles. The van der Waals surface area contributed by atoms with Crippen LogP contribution in [0.25, 0.3) is 16.3 Å². The molecule has 1 aliphatic carbocycles. The molecule has 4 heterocycles. The van der Waals surface area contributed by atoms with Crippen molar-refractivity contribution in [2.75, 3.05) is 11.9 Å². The number of benzene rings is 1. The minimum absolute atomic E-state index is 0.0636. The minimum Gasteiger partial charge on any atom is -0.372 e. The quantitative estimate of drug-likeness (QED) is 0.355. The molecular weight excluding hydrogens is 524 g/mol. The first-order valence-electron chi connectivity index (χ1n) is 12.5. The zero-order valence-electron chi connectivity index (χ0n) is 20.7. The number of nitrogens with one attached hydrogen (secondary N) is 2. The van der Waals surface area contributed by atoms with Crippen molar-refractivity contribution in [3.8, 4) is 16.3 Å². The lowest BCUT2D eigenvalue weighted by atomic mass is 9.95. The lowest BCUT2D eigenvalue weighted by Crippen LogP contribution is -2.22. The van der Waals surface area contributed by atoms with Gasteiger partial charge in [-0.3, -0.25) is 14.6 Å². The number of amides is 2. The number of rotatable bonds is 6. The summed E-state index contributed by atoms with van der Waals surface area (Å²) in [5.41, 5.74) is 5.97. The molecule has 3 aromatic heterocycles. The first-order chi connectivity index (χ1) is 18.5. The predicted octanol–water partition coefficient (Wildman–Crippen LogP) is 4.88. The van der Waals surface area contributed by atoms with Crippen molar-refractivity contribution in [1.29, 1.82) is 0 Å². The number of anilines is 1. The normalized spacial score (nSPS) is 16.1. The summed E-state index contributed by atoms with van der Waals surface area (Å²) < 4.78 is 7.86. The smallest absolute Gasteiger partial charge is 0.251 e. The van der Waals surface area contributed by atoms with E-state index in [0.717, 1.165) is 65.4 Å². The average molecular weight is 549 g/mol. The number of aryl methyl sites for hydroxylation is 1. The van der Waals surface area contributed by atoms with Crippen LogP contribution in [-0.4, -0.2) is 38.2 Å². The molecule has 0 saturated carbocycles. The van der Waals surface area contributed by atoms with Crippen LogP contribution in [0.5, 0.6) is 0 Å². The fourth-order valence-corrected chi connectivity index (χ4v) is 6.31. The second-order valence-electron chi connectivity index (χ2n) is 9.31. The number of aromatic nitrogens is 4. The molecule has 11 heteroatoms. The van der Waals surface area contributed by atoms with Crippen molar-refractivity contribution < 1.29 is 14.3 Å². The Labute approximate surface area is 228 Å². The Kier molecular flexibility index (Phi) is 6.69. The van der Waals surface area contributed by atoms with Gasteiger partial charge in [0.2, 0.25) is 5.91 Å². The molecule has 194 valence electrons. The summed E-state index contributed by atoms with van der Waals surface area (Å²) in [7, 11) is 0. The lowest BCUT2D eigenvalue weighted by molar-refractivity contribution is -0.114. The van der Waals surface area contributed by atoms with Gasteiger partial charge in [-0.15, -0.1) is 0 Å². The van der Waals surface area contributed by atoms with Crippen LogP contribution in [0.1, 0.15) is 58.7 Å². The van der Waals surface area contributed by atoms with E-state index in [2.05, 4.69) is 20.6 Å². The zero-order chi connectivity index (χ0) is 26.2. The molecule has 0 bridgehead atoms. The molecule has 38 heavy (non-hydrogen) atoms. The molecule has 1 fully saturated rings. The number of halogens is 1. The Morgan fingerprint density at radius 2 is 2.05 bits per heavy atom.